The monoisotopic (exact) mass is 457 g/mol. The molecule has 3 aliphatic carbocycles. The Bertz CT molecular complexity index is 1740. The lowest BCUT2D eigenvalue weighted by atomic mass is 9.82. The van der Waals surface area contributed by atoms with Gasteiger partial charge in [0.25, 0.3) is 0 Å². The molecule has 1 heteroatoms. The number of hydrogen-bond donors (Lipinski definition) is 0. The second-order valence-corrected chi connectivity index (χ2v) is 10.3. The van der Waals surface area contributed by atoms with E-state index in [1.54, 1.807) is 0 Å². The van der Waals surface area contributed by atoms with Crippen molar-refractivity contribution in [2.75, 3.05) is 0 Å². The average Bonchev–Trinajstić information content (AvgIpc) is 3.59. The number of hydrogen-bond acceptors (Lipinski definition) is 1. The van der Waals surface area contributed by atoms with E-state index in [2.05, 4.69) is 91.0 Å². The van der Waals surface area contributed by atoms with Crippen LogP contribution in [0.2, 0.25) is 0 Å². The molecule has 0 saturated heterocycles. The molecule has 0 bridgehead atoms. The Kier molecular flexibility index (Phi) is 4.02. The van der Waals surface area contributed by atoms with Crippen LogP contribution in [0, 0.1) is 11.3 Å². The second kappa shape index (κ2) is 7.30. The Hall–Kier alpha value is -4.41. The van der Waals surface area contributed by atoms with Crippen molar-refractivity contribution in [2.45, 2.75) is 25.2 Å². The molecule has 36 heavy (non-hydrogen) atoms. The van der Waals surface area contributed by atoms with Crippen LogP contribution < -0.4 is 0 Å². The number of rotatable bonds is 2. The largest absolute Gasteiger partial charge is 0.192 e. The fraction of sp³-hybridized carbons (Fsp3) is 0.114. The highest BCUT2D eigenvalue weighted by atomic mass is 14.4. The summed E-state index contributed by atoms with van der Waals surface area (Å²) in [7, 11) is 0. The van der Waals surface area contributed by atoms with Crippen molar-refractivity contribution >= 4 is 0 Å². The summed E-state index contributed by atoms with van der Waals surface area (Å²) in [5, 5.41) is 9.29. The molecule has 0 heterocycles. The average molecular weight is 458 g/mol. The molecule has 0 aromatic heterocycles. The van der Waals surface area contributed by atoms with Crippen molar-refractivity contribution in [3.05, 3.63) is 142 Å². The Morgan fingerprint density at radius 2 is 1.17 bits per heavy atom. The van der Waals surface area contributed by atoms with E-state index in [1.165, 1.54) is 72.3 Å². The van der Waals surface area contributed by atoms with Crippen LogP contribution in [-0.2, 0) is 19.3 Å². The molecule has 0 N–H and O–H groups in total. The Labute approximate surface area is 211 Å². The maximum atomic E-state index is 9.29. The van der Waals surface area contributed by atoms with Gasteiger partial charge in [-0.15, -0.1) is 0 Å². The van der Waals surface area contributed by atoms with Gasteiger partial charge in [0.1, 0.15) is 0 Å². The number of nitrogens with zero attached hydrogens (tertiary/aromatic N) is 1. The van der Waals surface area contributed by atoms with E-state index in [0.29, 0.717) is 5.92 Å². The normalized spacial score (nSPS) is 15.4. The third-order valence-electron chi connectivity index (χ3n) is 8.53. The number of fused-ring (bicyclic) bond motifs is 12. The topological polar surface area (TPSA) is 23.8 Å². The molecule has 1 atom stereocenters. The van der Waals surface area contributed by atoms with Crippen LogP contribution in [0.25, 0.3) is 33.4 Å². The summed E-state index contributed by atoms with van der Waals surface area (Å²) in [6.45, 7) is 0. The Morgan fingerprint density at radius 1 is 0.611 bits per heavy atom. The van der Waals surface area contributed by atoms with Gasteiger partial charge in [-0.05, 0) is 104 Å². The number of nitriles is 1. The minimum atomic E-state index is 0.304. The van der Waals surface area contributed by atoms with Gasteiger partial charge in [0.05, 0.1) is 11.6 Å². The zero-order valence-electron chi connectivity index (χ0n) is 19.9. The molecule has 0 unspecified atom stereocenters. The van der Waals surface area contributed by atoms with Gasteiger partial charge in [-0.25, -0.2) is 0 Å². The molecule has 0 amide bonds. The van der Waals surface area contributed by atoms with E-state index in [9.17, 15) is 5.26 Å². The van der Waals surface area contributed by atoms with Crippen molar-refractivity contribution in [3.63, 3.8) is 0 Å². The van der Waals surface area contributed by atoms with Gasteiger partial charge in [-0.3, -0.25) is 0 Å². The molecule has 0 spiro atoms. The standard InChI is InChI=1S/C35H23N/c36-20-22-15-13-21(14-16-22)17-29-27-11-5-6-12-28(27)34-31-18-23-7-1-3-9-25(23)32(31)30-19-24-8-2-4-10-26(24)33(30)35(29)34/h1-16,29H,17-19H2/t29-/m1/s1. The third-order valence-corrected chi connectivity index (χ3v) is 8.53. The minimum Gasteiger partial charge on any atom is -0.192 e. The third kappa shape index (κ3) is 2.59. The van der Waals surface area contributed by atoms with Crippen molar-refractivity contribution in [1.29, 1.82) is 5.26 Å². The summed E-state index contributed by atoms with van der Waals surface area (Å²) in [6, 6.07) is 37.5. The maximum absolute atomic E-state index is 9.29. The molecule has 0 saturated carbocycles. The van der Waals surface area contributed by atoms with Gasteiger partial charge < -0.3 is 0 Å². The van der Waals surface area contributed by atoms with Gasteiger partial charge in [0, 0.05) is 5.92 Å². The van der Waals surface area contributed by atoms with Crippen LogP contribution in [-0.4, -0.2) is 0 Å². The molecule has 8 rings (SSSR count). The summed E-state index contributed by atoms with van der Waals surface area (Å²) in [4.78, 5) is 0. The first kappa shape index (κ1) is 19.8. The SMILES string of the molecule is N#Cc1ccc(C[C@@H]2c3ccccc3-c3c4c(c5c(c32)-c2ccccc2C5)-c2ccccc2C4)cc1. The van der Waals surface area contributed by atoms with Crippen LogP contribution in [0.1, 0.15) is 50.4 Å². The fourth-order valence-corrected chi connectivity index (χ4v) is 7.09. The van der Waals surface area contributed by atoms with Crippen LogP contribution in [0.5, 0.6) is 0 Å². The predicted octanol–water partition coefficient (Wildman–Crippen LogP) is 8.06. The van der Waals surface area contributed by atoms with E-state index in [0.717, 1.165) is 24.8 Å². The van der Waals surface area contributed by atoms with Crippen LogP contribution in [0.3, 0.4) is 0 Å². The first-order valence-electron chi connectivity index (χ1n) is 12.8. The van der Waals surface area contributed by atoms with Gasteiger partial charge in [0.2, 0.25) is 0 Å². The first-order valence-corrected chi connectivity index (χ1v) is 12.8. The Morgan fingerprint density at radius 3 is 1.83 bits per heavy atom. The smallest absolute Gasteiger partial charge is 0.0991 e. The molecule has 3 aliphatic rings. The van der Waals surface area contributed by atoms with Crippen molar-refractivity contribution in [2.24, 2.45) is 0 Å². The molecule has 1 nitrogen and oxygen atoms in total. The highest BCUT2D eigenvalue weighted by molar-refractivity contribution is 6.01. The van der Waals surface area contributed by atoms with Gasteiger partial charge in [-0.2, -0.15) is 5.26 Å². The first-order chi connectivity index (χ1) is 17.8. The van der Waals surface area contributed by atoms with E-state index in [1.807, 2.05) is 12.1 Å². The predicted molar refractivity (Wildman–Crippen MR) is 145 cm³/mol. The zero-order chi connectivity index (χ0) is 23.8. The molecule has 5 aromatic rings. The zero-order valence-corrected chi connectivity index (χ0v) is 19.9. The lowest BCUT2D eigenvalue weighted by Crippen LogP contribution is -2.05. The van der Waals surface area contributed by atoms with Crippen molar-refractivity contribution in [1.82, 2.24) is 0 Å². The molecule has 5 aromatic carbocycles. The number of benzene rings is 5. The van der Waals surface area contributed by atoms with Crippen molar-refractivity contribution in [3.8, 4) is 39.4 Å². The molecular weight excluding hydrogens is 434 g/mol. The van der Waals surface area contributed by atoms with E-state index in [-0.39, 0.29) is 0 Å². The van der Waals surface area contributed by atoms with E-state index < -0.39 is 0 Å². The lowest BCUT2D eigenvalue weighted by molar-refractivity contribution is 0.828. The fourth-order valence-electron chi connectivity index (χ4n) is 7.09. The van der Waals surface area contributed by atoms with E-state index >= 15 is 0 Å². The summed E-state index contributed by atoms with van der Waals surface area (Å²) < 4.78 is 0. The van der Waals surface area contributed by atoms with Crippen molar-refractivity contribution < 1.29 is 0 Å². The summed E-state index contributed by atoms with van der Waals surface area (Å²) in [5.41, 5.74) is 19.6. The summed E-state index contributed by atoms with van der Waals surface area (Å²) >= 11 is 0. The van der Waals surface area contributed by atoms with Gasteiger partial charge in [0.15, 0.2) is 0 Å². The maximum Gasteiger partial charge on any atom is 0.0991 e. The highest BCUT2D eigenvalue weighted by Crippen LogP contribution is 2.59. The van der Waals surface area contributed by atoms with Crippen LogP contribution >= 0.6 is 0 Å². The van der Waals surface area contributed by atoms with Gasteiger partial charge in [-0.1, -0.05) is 84.9 Å². The Balaban J connectivity index is 1.44. The summed E-state index contributed by atoms with van der Waals surface area (Å²) in [5.74, 6) is 0.304. The molecule has 0 fully saturated rings. The minimum absolute atomic E-state index is 0.304. The van der Waals surface area contributed by atoms with Crippen LogP contribution in [0.15, 0.2) is 97.1 Å². The second-order valence-electron chi connectivity index (χ2n) is 10.3. The molecule has 168 valence electrons. The molecule has 0 radical (unpaired) electrons. The van der Waals surface area contributed by atoms with E-state index in [4.69, 9.17) is 0 Å². The van der Waals surface area contributed by atoms with Gasteiger partial charge >= 0.3 is 0 Å². The lowest BCUT2D eigenvalue weighted by Gasteiger charge is -2.21. The molecule has 0 aliphatic heterocycles. The quantitative estimate of drug-likeness (QED) is 0.258. The molecular formula is C35H23N. The van der Waals surface area contributed by atoms with Crippen LogP contribution in [0.4, 0.5) is 0 Å². The highest BCUT2D eigenvalue weighted by Gasteiger charge is 2.40. The summed E-state index contributed by atoms with van der Waals surface area (Å²) in [6.07, 6.45) is 2.96.